The largest absolute Gasteiger partial charge is 0.507 e. The molecule has 162 valence electrons. The number of aliphatic hydroxyl groups excluding tert-OH is 1. The number of ether oxygens (including phenoxy) is 1. The van der Waals surface area contributed by atoms with Gasteiger partial charge in [0, 0.05) is 24.7 Å². The van der Waals surface area contributed by atoms with Crippen LogP contribution >= 0.6 is 0 Å². The predicted octanol–water partition coefficient (Wildman–Crippen LogP) is 1.70. The van der Waals surface area contributed by atoms with Crippen molar-refractivity contribution in [2.75, 3.05) is 24.4 Å². The summed E-state index contributed by atoms with van der Waals surface area (Å²) in [6.45, 7) is 6.59. The summed E-state index contributed by atoms with van der Waals surface area (Å²) >= 11 is 0. The Labute approximate surface area is 173 Å². The van der Waals surface area contributed by atoms with Crippen LogP contribution in [0, 0.1) is 5.92 Å². The summed E-state index contributed by atoms with van der Waals surface area (Å²) in [5.74, 6) is 0.981. The number of nitrogens with zero attached hydrogens (tertiary/aromatic N) is 5. The average molecular weight is 417 g/mol. The van der Waals surface area contributed by atoms with E-state index in [1.165, 1.54) is 19.2 Å². The Morgan fingerprint density at radius 2 is 1.93 bits per heavy atom. The monoisotopic (exact) mass is 417 g/mol. The lowest BCUT2D eigenvalue weighted by molar-refractivity contribution is 0.248. The van der Waals surface area contributed by atoms with E-state index in [2.05, 4.69) is 30.9 Å². The van der Waals surface area contributed by atoms with Gasteiger partial charge >= 0.3 is 0 Å². The Kier molecular flexibility index (Phi) is 6.40. The summed E-state index contributed by atoms with van der Waals surface area (Å²) in [5, 5.41) is 44.4. The van der Waals surface area contributed by atoms with Gasteiger partial charge in [0.15, 0.2) is 28.5 Å². The molecule has 0 spiro atoms. The zero-order valence-electron chi connectivity index (χ0n) is 17.4. The Morgan fingerprint density at radius 3 is 2.57 bits per heavy atom. The van der Waals surface area contributed by atoms with Crippen molar-refractivity contribution in [3.8, 4) is 17.2 Å². The number of phenols is 2. The number of aliphatic hydroxyl groups is 1. The van der Waals surface area contributed by atoms with Crippen molar-refractivity contribution < 1.29 is 20.1 Å². The molecule has 1 aromatic carbocycles. The Morgan fingerprint density at radius 1 is 1.17 bits per heavy atom. The maximum atomic E-state index is 10.2. The highest BCUT2D eigenvalue weighted by Gasteiger charge is 2.18. The van der Waals surface area contributed by atoms with Crippen LogP contribution in [-0.4, -0.2) is 60.0 Å². The minimum atomic E-state index is -0.219. The molecule has 2 aromatic heterocycles. The first-order valence-corrected chi connectivity index (χ1v) is 9.69. The lowest BCUT2D eigenvalue weighted by Crippen LogP contribution is -2.30. The molecule has 0 radical (unpaired) electrons. The summed E-state index contributed by atoms with van der Waals surface area (Å²) in [6, 6.07) is 2.54. The molecule has 0 amide bonds. The second-order valence-corrected chi connectivity index (χ2v) is 7.16. The quantitative estimate of drug-likeness (QED) is 0.325. The molecule has 1 atom stereocenters. The molecule has 3 aromatic rings. The summed E-state index contributed by atoms with van der Waals surface area (Å²) in [7, 11) is 1.41. The Balaban J connectivity index is 1.94. The topological polar surface area (TPSA) is 150 Å². The fourth-order valence-electron chi connectivity index (χ4n) is 2.93. The number of methoxy groups -OCH3 is 1. The third-order valence-electron chi connectivity index (χ3n) is 4.80. The van der Waals surface area contributed by atoms with Gasteiger partial charge < -0.3 is 30.7 Å². The van der Waals surface area contributed by atoms with Crippen LogP contribution in [0.5, 0.6) is 17.2 Å². The number of phenolic OH excluding ortho intramolecular Hbond substituents is 2. The second-order valence-electron chi connectivity index (χ2n) is 7.16. The van der Waals surface area contributed by atoms with E-state index in [0.29, 0.717) is 35.0 Å². The van der Waals surface area contributed by atoms with Gasteiger partial charge in [0.1, 0.15) is 5.75 Å². The molecule has 11 heteroatoms. The maximum absolute atomic E-state index is 10.2. The van der Waals surface area contributed by atoms with Gasteiger partial charge in [0.05, 0.1) is 19.8 Å². The van der Waals surface area contributed by atoms with Crippen molar-refractivity contribution >= 4 is 22.9 Å². The van der Waals surface area contributed by atoms with Crippen molar-refractivity contribution in [3.63, 3.8) is 0 Å². The minimum absolute atomic E-state index is 0.0295. The third-order valence-corrected chi connectivity index (χ3v) is 4.80. The lowest BCUT2D eigenvalue weighted by Gasteiger charge is -2.20. The number of aromatic hydroxyl groups is 2. The number of nitrogens with one attached hydrogen (secondary N) is 2. The van der Waals surface area contributed by atoms with Crippen LogP contribution in [0.3, 0.4) is 0 Å². The van der Waals surface area contributed by atoms with Crippen molar-refractivity contribution in [2.45, 2.75) is 39.9 Å². The molecule has 1 unspecified atom stereocenters. The molecule has 0 aliphatic carbocycles. The highest BCUT2D eigenvalue weighted by atomic mass is 16.5. The van der Waals surface area contributed by atoms with Crippen LogP contribution in [0.15, 0.2) is 12.1 Å². The van der Waals surface area contributed by atoms with Gasteiger partial charge in [-0.2, -0.15) is 9.97 Å². The maximum Gasteiger partial charge on any atom is 0.227 e. The first kappa shape index (κ1) is 21.4. The van der Waals surface area contributed by atoms with Gasteiger partial charge in [-0.1, -0.05) is 19.1 Å². The van der Waals surface area contributed by atoms with E-state index in [-0.39, 0.29) is 42.4 Å². The first-order chi connectivity index (χ1) is 14.4. The van der Waals surface area contributed by atoms with Gasteiger partial charge in [-0.25, -0.2) is 4.68 Å². The number of hydrogen-bond acceptors (Lipinski definition) is 10. The van der Waals surface area contributed by atoms with Crippen LogP contribution < -0.4 is 15.4 Å². The minimum Gasteiger partial charge on any atom is -0.507 e. The molecule has 11 nitrogen and oxygen atoms in total. The molecule has 2 heterocycles. The number of rotatable bonds is 9. The summed E-state index contributed by atoms with van der Waals surface area (Å²) < 4.78 is 6.64. The van der Waals surface area contributed by atoms with Crippen LogP contribution in [0.1, 0.15) is 26.3 Å². The van der Waals surface area contributed by atoms with E-state index < -0.39 is 0 Å². The average Bonchev–Trinajstić information content (AvgIpc) is 3.14. The molecule has 30 heavy (non-hydrogen) atoms. The number of anilines is 2. The molecule has 5 N–H and O–H groups in total. The van der Waals surface area contributed by atoms with Crippen LogP contribution in [-0.2, 0) is 13.1 Å². The number of fused-ring (bicyclic) bond motifs is 1. The summed E-state index contributed by atoms with van der Waals surface area (Å²) in [4.78, 5) is 9.00. The number of hydrogen-bond donors (Lipinski definition) is 5. The fourth-order valence-corrected chi connectivity index (χ4v) is 2.93. The normalized spacial score (nSPS) is 12.3. The zero-order chi connectivity index (χ0) is 21.8. The van der Waals surface area contributed by atoms with Gasteiger partial charge in [-0.15, -0.1) is 5.10 Å². The van der Waals surface area contributed by atoms with Crippen molar-refractivity contribution in [3.05, 3.63) is 17.7 Å². The number of aromatic nitrogens is 5. The number of benzene rings is 1. The lowest BCUT2D eigenvalue weighted by atomic mass is 10.1. The van der Waals surface area contributed by atoms with Crippen molar-refractivity contribution in [1.29, 1.82) is 0 Å². The standard InChI is InChI=1S/C19H27N7O4/c1-5-26-18-16(24-25-26)17(22-19(23-18)21-12(9-27)10(2)3)20-8-11-6-14(29)15(30-4)7-13(11)28/h6-7,10,12,27-29H,5,8-9H2,1-4H3,(H2,20,21,22,23). The van der Waals surface area contributed by atoms with E-state index in [9.17, 15) is 15.3 Å². The second kappa shape index (κ2) is 8.99. The van der Waals surface area contributed by atoms with Crippen molar-refractivity contribution in [2.24, 2.45) is 5.92 Å². The van der Waals surface area contributed by atoms with E-state index in [1.807, 2.05) is 20.8 Å². The van der Waals surface area contributed by atoms with Crippen LogP contribution in [0.4, 0.5) is 11.8 Å². The molecule has 0 fully saturated rings. The van der Waals surface area contributed by atoms with Gasteiger partial charge in [-0.3, -0.25) is 0 Å². The molecule has 0 bridgehead atoms. The van der Waals surface area contributed by atoms with Crippen LogP contribution in [0.25, 0.3) is 11.2 Å². The van der Waals surface area contributed by atoms with Gasteiger partial charge in [-0.05, 0) is 18.9 Å². The molecular formula is C19H27N7O4. The van der Waals surface area contributed by atoms with Gasteiger partial charge in [0.25, 0.3) is 0 Å². The number of aryl methyl sites for hydroxylation is 1. The van der Waals surface area contributed by atoms with E-state index in [0.717, 1.165) is 0 Å². The third kappa shape index (κ3) is 4.30. The highest BCUT2D eigenvalue weighted by Crippen LogP contribution is 2.33. The molecule has 0 saturated heterocycles. The fraction of sp³-hybridized carbons (Fsp3) is 0.474. The van der Waals surface area contributed by atoms with Crippen molar-refractivity contribution in [1.82, 2.24) is 25.0 Å². The van der Waals surface area contributed by atoms with E-state index >= 15 is 0 Å². The molecule has 0 aliphatic rings. The summed E-state index contributed by atoms with van der Waals surface area (Å²) in [5.41, 5.74) is 1.47. The Hall–Kier alpha value is -3.34. The van der Waals surface area contributed by atoms with E-state index in [4.69, 9.17) is 4.74 Å². The Bertz CT molecular complexity index is 1020. The molecule has 3 rings (SSSR count). The van der Waals surface area contributed by atoms with Crippen LogP contribution in [0.2, 0.25) is 0 Å². The highest BCUT2D eigenvalue weighted by molar-refractivity contribution is 5.83. The molecule has 0 aliphatic heterocycles. The molecular weight excluding hydrogens is 390 g/mol. The molecule has 0 saturated carbocycles. The predicted molar refractivity (Wildman–Crippen MR) is 112 cm³/mol. The van der Waals surface area contributed by atoms with E-state index in [1.54, 1.807) is 4.68 Å². The smallest absolute Gasteiger partial charge is 0.227 e. The summed E-state index contributed by atoms with van der Waals surface area (Å²) in [6.07, 6.45) is 0. The SMILES string of the molecule is CCn1nnc2c(NCc3cc(O)c(OC)cc3O)nc(NC(CO)C(C)C)nc21. The van der Waals surface area contributed by atoms with Gasteiger partial charge in [0.2, 0.25) is 5.95 Å². The zero-order valence-corrected chi connectivity index (χ0v) is 17.4. The first-order valence-electron chi connectivity index (χ1n) is 9.69.